The van der Waals surface area contributed by atoms with E-state index in [1.165, 1.54) is 5.56 Å². The Bertz CT molecular complexity index is 420. The average Bonchev–Trinajstić information content (AvgIpc) is 2.63. The first kappa shape index (κ1) is 12.5. The zero-order chi connectivity index (χ0) is 12.3. The molecule has 1 aromatic carbocycles. The van der Waals surface area contributed by atoms with Gasteiger partial charge in [0.15, 0.2) is 0 Å². The van der Waals surface area contributed by atoms with Crippen LogP contribution in [0.5, 0.6) is 0 Å². The monoisotopic (exact) mass is 250 g/mol. The molecule has 2 rings (SSSR count). The molecular weight excluding hydrogens is 232 g/mol. The molecule has 92 valence electrons. The number of nitrogens with one attached hydrogen (secondary N) is 1. The van der Waals surface area contributed by atoms with Crippen LogP contribution in [0.25, 0.3) is 0 Å². The molecule has 0 unspecified atom stereocenters. The number of likely N-dealkylation sites (N-methyl/N-ethyl adjacent to an activating group) is 1. The van der Waals surface area contributed by atoms with Crippen molar-refractivity contribution in [2.24, 2.45) is 0 Å². The molecule has 17 heavy (non-hydrogen) atoms. The third-order valence-corrected chi connectivity index (χ3v) is 3.26. The number of hydrogen-bond acceptors (Lipinski definition) is 3. The van der Waals surface area contributed by atoms with Gasteiger partial charge in [-0.25, -0.2) is 0 Å². The Labute approximate surface area is 108 Å². The number of thiol groups is 1. The van der Waals surface area contributed by atoms with Crippen LogP contribution in [0.4, 0.5) is 5.69 Å². The number of amides is 1. The quantitative estimate of drug-likeness (QED) is 0.771. The minimum atomic E-state index is 0.194. The highest BCUT2D eigenvalue weighted by atomic mass is 32.1. The van der Waals surface area contributed by atoms with Gasteiger partial charge in [0.1, 0.15) is 0 Å². The number of benzene rings is 1. The van der Waals surface area contributed by atoms with E-state index in [1.54, 1.807) is 0 Å². The zero-order valence-electron chi connectivity index (χ0n) is 10.1. The predicted octanol–water partition coefficient (Wildman–Crippen LogP) is 1.27. The van der Waals surface area contributed by atoms with E-state index in [0.29, 0.717) is 18.7 Å². The number of anilines is 1. The smallest absolute Gasteiger partial charge is 0.231 e. The van der Waals surface area contributed by atoms with Crippen LogP contribution < -0.4 is 10.2 Å². The van der Waals surface area contributed by atoms with Gasteiger partial charge in [-0.15, -0.1) is 0 Å². The molecule has 0 spiro atoms. The van der Waals surface area contributed by atoms with Crippen molar-refractivity contribution in [1.82, 2.24) is 5.32 Å². The lowest BCUT2D eigenvalue weighted by Gasteiger charge is -2.16. The minimum Gasteiger partial charge on any atom is -0.319 e. The summed E-state index contributed by atoms with van der Waals surface area (Å²) in [5.41, 5.74) is 3.52. The van der Waals surface area contributed by atoms with Gasteiger partial charge in [0.05, 0.1) is 6.42 Å². The highest BCUT2D eigenvalue weighted by Gasteiger charge is 2.26. The summed E-state index contributed by atoms with van der Waals surface area (Å²) < 4.78 is 0. The Morgan fingerprint density at radius 1 is 1.47 bits per heavy atom. The molecule has 1 heterocycles. The number of carbonyl (C=O) groups is 1. The molecule has 0 saturated carbocycles. The molecule has 0 aromatic heterocycles. The topological polar surface area (TPSA) is 32.3 Å². The van der Waals surface area contributed by atoms with E-state index in [2.05, 4.69) is 36.1 Å². The molecule has 0 fully saturated rings. The fraction of sp³-hybridized carbons (Fsp3) is 0.462. The number of carbonyl (C=O) groups excluding carboxylic acids is 1. The maximum Gasteiger partial charge on any atom is 0.231 e. The Morgan fingerprint density at radius 2 is 2.29 bits per heavy atom. The van der Waals surface area contributed by atoms with Gasteiger partial charge >= 0.3 is 0 Å². The number of fused-ring (bicyclic) bond motifs is 1. The first-order valence-electron chi connectivity index (χ1n) is 5.94. The summed E-state index contributed by atoms with van der Waals surface area (Å²) in [4.78, 5) is 13.7. The molecule has 1 N–H and O–H groups in total. The van der Waals surface area contributed by atoms with Crippen molar-refractivity contribution in [3.8, 4) is 0 Å². The predicted molar refractivity (Wildman–Crippen MR) is 74.0 cm³/mol. The number of nitrogens with zero attached hydrogens (tertiary/aromatic N) is 1. The third kappa shape index (κ3) is 2.64. The second kappa shape index (κ2) is 5.56. The van der Waals surface area contributed by atoms with E-state index in [4.69, 9.17) is 0 Å². The molecule has 0 atom stereocenters. The molecule has 0 radical (unpaired) electrons. The third-order valence-electron chi connectivity index (χ3n) is 3.06. The molecule has 0 bridgehead atoms. The molecule has 1 amide bonds. The lowest BCUT2D eigenvalue weighted by Crippen LogP contribution is -2.28. The van der Waals surface area contributed by atoms with E-state index >= 15 is 0 Å². The highest BCUT2D eigenvalue weighted by molar-refractivity contribution is 7.80. The van der Waals surface area contributed by atoms with Gasteiger partial charge in [-0.2, -0.15) is 12.6 Å². The molecule has 0 saturated heterocycles. The molecule has 1 aromatic rings. The van der Waals surface area contributed by atoms with E-state index in [9.17, 15) is 4.79 Å². The van der Waals surface area contributed by atoms with Gasteiger partial charge in [0.2, 0.25) is 5.91 Å². The summed E-state index contributed by atoms with van der Waals surface area (Å²) in [6, 6.07) is 6.33. The fourth-order valence-electron chi connectivity index (χ4n) is 2.21. The summed E-state index contributed by atoms with van der Waals surface area (Å²) in [7, 11) is 1.95. The highest BCUT2D eigenvalue weighted by Crippen LogP contribution is 2.29. The van der Waals surface area contributed by atoms with Gasteiger partial charge < -0.3 is 10.2 Å². The summed E-state index contributed by atoms with van der Waals surface area (Å²) in [6.45, 7) is 1.66. The summed E-state index contributed by atoms with van der Waals surface area (Å²) in [5, 5.41) is 3.13. The van der Waals surface area contributed by atoms with E-state index in [0.717, 1.165) is 24.2 Å². The maximum atomic E-state index is 11.8. The first-order chi connectivity index (χ1) is 8.26. The van der Waals surface area contributed by atoms with Gasteiger partial charge in [0.25, 0.3) is 0 Å². The van der Waals surface area contributed by atoms with E-state index < -0.39 is 0 Å². The van der Waals surface area contributed by atoms with Crippen LogP contribution in [-0.2, 0) is 17.6 Å². The maximum absolute atomic E-state index is 11.8. The van der Waals surface area contributed by atoms with E-state index in [-0.39, 0.29) is 5.91 Å². The summed E-state index contributed by atoms with van der Waals surface area (Å²) >= 11 is 4.19. The van der Waals surface area contributed by atoms with Crippen molar-refractivity contribution >= 4 is 24.2 Å². The SMILES string of the molecule is CNCCc1ccc2c(c1)CC(=O)N2CCS. The normalized spacial score (nSPS) is 14.2. The van der Waals surface area contributed by atoms with E-state index in [1.807, 2.05) is 11.9 Å². The van der Waals surface area contributed by atoms with Crippen LogP contribution in [0, 0.1) is 0 Å². The summed E-state index contributed by atoms with van der Waals surface area (Å²) in [6.07, 6.45) is 1.54. The van der Waals surface area contributed by atoms with Gasteiger partial charge in [-0.05, 0) is 37.2 Å². The Morgan fingerprint density at radius 3 is 3.00 bits per heavy atom. The molecule has 4 heteroatoms. The summed E-state index contributed by atoms with van der Waals surface area (Å²) in [5.74, 6) is 0.895. The molecular formula is C13H18N2OS. The van der Waals surface area contributed by atoms with Crippen molar-refractivity contribution < 1.29 is 4.79 Å². The molecule has 1 aliphatic heterocycles. The lowest BCUT2D eigenvalue weighted by molar-refractivity contribution is -0.117. The van der Waals surface area contributed by atoms with Crippen LogP contribution in [-0.4, -0.2) is 31.8 Å². The average molecular weight is 250 g/mol. The number of rotatable bonds is 5. The first-order valence-corrected chi connectivity index (χ1v) is 6.57. The fourth-order valence-corrected chi connectivity index (χ4v) is 2.41. The van der Waals surface area contributed by atoms with Crippen molar-refractivity contribution in [3.63, 3.8) is 0 Å². The van der Waals surface area contributed by atoms with Gasteiger partial charge in [-0.3, -0.25) is 4.79 Å². The molecule has 3 nitrogen and oxygen atoms in total. The van der Waals surface area contributed by atoms with Crippen LogP contribution in [0.1, 0.15) is 11.1 Å². The van der Waals surface area contributed by atoms with Crippen LogP contribution in [0.15, 0.2) is 18.2 Å². The van der Waals surface area contributed by atoms with Crippen molar-refractivity contribution in [3.05, 3.63) is 29.3 Å². The van der Waals surface area contributed by atoms with Crippen LogP contribution in [0.3, 0.4) is 0 Å². The molecule has 1 aliphatic rings. The Hall–Kier alpha value is -1.00. The van der Waals surface area contributed by atoms with Gasteiger partial charge in [-0.1, -0.05) is 12.1 Å². The van der Waals surface area contributed by atoms with Crippen LogP contribution >= 0.6 is 12.6 Å². The Balaban J connectivity index is 2.18. The Kier molecular flexibility index (Phi) is 4.07. The van der Waals surface area contributed by atoms with Crippen molar-refractivity contribution in [1.29, 1.82) is 0 Å². The zero-order valence-corrected chi connectivity index (χ0v) is 11.0. The second-order valence-corrected chi connectivity index (χ2v) is 4.71. The lowest BCUT2D eigenvalue weighted by atomic mass is 10.1. The van der Waals surface area contributed by atoms with Crippen molar-refractivity contribution in [2.45, 2.75) is 12.8 Å². The second-order valence-electron chi connectivity index (χ2n) is 4.26. The largest absolute Gasteiger partial charge is 0.319 e. The standard InChI is InChI=1S/C13H18N2OS/c1-14-5-4-10-2-3-12-11(8-10)9-13(16)15(12)6-7-17/h2-3,8,14,17H,4-7,9H2,1H3. The minimum absolute atomic E-state index is 0.194. The van der Waals surface area contributed by atoms with Gasteiger partial charge in [0, 0.05) is 18.0 Å². The van der Waals surface area contributed by atoms with Crippen LogP contribution in [0.2, 0.25) is 0 Å². The molecule has 0 aliphatic carbocycles. The van der Waals surface area contributed by atoms with Crippen molar-refractivity contribution in [2.75, 3.05) is 30.8 Å². The number of hydrogen-bond donors (Lipinski definition) is 2.